The van der Waals surface area contributed by atoms with Gasteiger partial charge in [0.15, 0.2) is 0 Å². The first-order valence-electron chi connectivity index (χ1n) is 10.7. The second-order valence-corrected chi connectivity index (χ2v) is 8.45. The van der Waals surface area contributed by atoms with E-state index in [1.54, 1.807) is 0 Å². The number of ether oxygens (including phenoxy) is 1. The van der Waals surface area contributed by atoms with Crippen LogP contribution in [-0.4, -0.2) is 42.9 Å². The van der Waals surface area contributed by atoms with E-state index in [2.05, 4.69) is 74.2 Å². The topological polar surface area (TPSA) is 32.7 Å². The Morgan fingerprint density at radius 2 is 1.62 bits per heavy atom. The third-order valence-corrected chi connectivity index (χ3v) is 5.90. The summed E-state index contributed by atoms with van der Waals surface area (Å²) in [4.78, 5) is 2.44. The Labute approximate surface area is 182 Å². The highest BCUT2D eigenvalue weighted by atomic mass is 35.5. The smallest absolute Gasteiger partial charge is 0.0979 e. The molecule has 0 aliphatic carbocycles. The molecule has 3 rings (SSSR count). The summed E-state index contributed by atoms with van der Waals surface area (Å²) in [7, 11) is 0. The third-order valence-electron chi connectivity index (χ3n) is 5.90. The first-order chi connectivity index (χ1) is 13.5. The van der Waals surface area contributed by atoms with Crippen LogP contribution in [0.25, 0.3) is 0 Å². The van der Waals surface area contributed by atoms with Gasteiger partial charge < -0.3 is 9.84 Å². The Morgan fingerprint density at radius 1 is 1.00 bits per heavy atom. The number of hydrogen-bond acceptors (Lipinski definition) is 3. The van der Waals surface area contributed by atoms with Gasteiger partial charge in [-0.05, 0) is 35.4 Å². The molecular formula is C25H36ClNO2. The van der Waals surface area contributed by atoms with Crippen LogP contribution in [0.4, 0.5) is 0 Å². The summed E-state index contributed by atoms with van der Waals surface area (Å²) < 4.78 is 5.54. The van der Waals surface area contributed by atoms with Gasteiger partial charge in [-0.3, -0.25) is 4.90 Å². The fourth-order valence-corrected chi connectivity index (χ4v) is 4.37. The van der Waals surface area contributed by atoms with E-state index in [0.29, 0.717) is 5.92 Å². The zero-order chi connectivity index (χ0) is 20.0. The van der Waals surface area contributed by atoms with Gasteiger partial charge in [-0.25, -0.2) is 0 Å². The lowest BCUT2D eigenvalue weighted by molar-refractivity contribution is -0.0356. The summed E-state index contributed by atoms with van der Waals surface area (Å²) >= 11 is 0. The van der Waals surface area contributed by atoms with Crippen molar-refractivity contribution in [3.05, 3.63) is 71.3 Å². The van der Waals surface area contributed by atoms with E-state index in [0.717, 1.165) is 51.3 Å². The first kappa shape index (κ1) is 23.9. The van der Waals surface area contributed by atoms with Crippen molar-refractivity contribution in [1.82, 2.24) is 4.90 Å². The molecule has 0 amide bonds. The van der Waals surface area contributed by atoms with Gasteiger partial charge in [-0.15, -0.1) is 12.4 Å². The second-order valence-electron chi connectivity index (χ2n) is 8.45. The van der Waals surface area contributed by atoms with Crippen molar-refractivity contribution in [2.24, 2.45) is 5.92 Å². The molecule has 0 saturated carbocycles. The predicted octanol–water partition coefficient (Wildman–Crippen LogP) is 5.02. The Hall–Kier alpha value is -1.39. The molecule has 29 heavy (non-hydrogen) atoms. The summed E-state index contributed by atoms with van der Waals surface area (Å²) in [6.45, 7) is 10.8. The molecule has 2 atom stereocenters. The minimum atomic E-state index is -0.903. The standard InChI is InChI=1S/C25H35NO2.ClH/c1-4-21-10-12-23(13-11-21)25(27,18-20(2)3)24(22-8-6-5-7-9-22)19-26-14-16-28-17-15-26;/h5-13,20,24,27H,4,14-19H2,1-3H3;1H. The normalized spacial score (nSPS) is 18.1. The van der Waals surface area contributed by atoms with E-state index >= 15 is 0 Å². The molecule has 1 aliphatic rings. The van der Waals surface area contributed by atoms with Crippen molar-refractivity contribution >= 4 is 12.4 Å². The Bertz CT molecular complexity index is 713. The maximum atomic E-state index is 12.2. The number of nitrogens with zero attached hydrogens (tertiary/aromatic N) is 1. The van der Waals surface area contributed by atoms with Crippen molar-refractivity contribution in [3.63, 3.8) is 0 Å². The predicted molar refractivity (Wildman–Crippen MR) is 123 cm³/mol. The highest BCUT2D eigenvalue weighted by molar-refractivity contribution is 5.85. The van der Waals surface area contributed by atoms with Crippen molar-refractivity contribution in [2.45, 2.75) is 45.1 Å². The number of hydrogen-bond donors (Lipinski definition) is 1. The molecule has 160 valence electrons. The average Bonchev–Trinajstić information content (AvgIpc) is 2.73. The SMILES string of the molecule is CCc1ccc(C(O)(CC(C)C)C(CN2CCOCC2)c2ccccc2)cc1.Cl. The molecule has 1 N–H and O–H groups in total. The highest BCUT2D eigenvalue weighted by Crippen LogP contribution is 2.42. The Balaban J connectivity index is 0.00000300. The Morgan fingerprint density at radius 3 is 2.17 bits per heavy atom. The van der Waals surface area contributed by atoms with Gasteiger partial charge in [0.25, 0.3) is 0 Å². The van der Waals surface area contributed by atoms with Crippen molar-refractivity contribution in [1.29, 1.82) is 0 Å². The molecule has 2 unspecified atom stereocenters. The van der Waals surface area contributed by atoms with Gasteiger partial charge >= 0.3 is 0 Å². The number of benzene rings is 2. The first-order valence-corrected chi connectivity index (χ1v) is 10.7. The van der Waals surface area contributed by atoms with Crippen LogP contribution < -0.4 is 0 Å². The van der Waals surface area contributed by atoms with Gasteiger partial charge in [0, 0.05) is 25.6 Å². The molecular weight excluding hydrogens is 382 g/mol. The van der Waals surface area contributed by atoms with Crippen LogP contribution in [0, 0.1) is 5.92 Å². The van der Waals surface area contributed by atoms with Crippen LogP contribution >= 0.6 is 12.4 Å². The molecule has 1 heterocycles. The largest absolute Gasteiger partial charge is 0.384 e. The van der Waals surface area contributed by atoms with Gasteiger partial charge in [-0.1, -0.05) is 75.4 Å². The molecule has 1 aliphatic heterocycles. The van der Waals surface area contributed by atoms with Crippen molar-refractivity contribution < 1.29 is 9.84 Å². The third kappa shape index (κ3) is 6.05. The molecule has 0 spiro atoms. The van der Waals surface area contributed by atoms with Crippen LogP contribution in [0.5, 0.6) is 0 Å². The minimum absolute atomic E-state index is 0. The molecule has 2 aromatic carbocycles. The molecule has 0 bridgehead atoms. The number of halogens is 1. The Kier molecular flexibility index (Phi) is 9.16. The number of aryl methyl sites for hydroxylation is 1. The zero-order valence-electron chi connectivity index (χ0n) is 18.0. The number of rotatable bonds is 8. The van der Waals surface area contributed by atoms with E-state index in [1.807, 2.05) is 6.07 Å². The van der Waals surface area contributed by atoms with E-state index in [1.165, 1.54) is 11.1 Å². The maximum absolute atomic E-state index is 12.2. The molecule has 0 aromatic heterocycles. The van der Waals surface area contributed by atoms with Crippen LogP contribution in [0.2, 0.25) is 0 Å². The molecule has 0 radical (unpaired) electrons. The molecule has 2 aromatic rings. The monoisotopic (exact) mass is 417 g/mol. The van der Waals surface area contributed by atoms with Crippen LogP contribution in [0.15, 0.2) is 54.6 Å². The lowest BCUT2D eigenvalue weighted by Crippen LogP contribution is -2.45. The number of aliphatic hydroxyl groups is 1. The van der Waals surface area contributed by atoms with E-state index < -0.39 is 5.60 Å². The quantitative estimate of drug-likeness (QED) is 0.654. The van der Waals surface area contributed by atoms with Crippen molar-refractivity contribution in [3.8, 4) is 0 Å². The number of morpholine rings is 1. The second kappa shape index (κ2) is 11.1. The van der Waals surface area contributed by atoms with Crippen LogP contribution in [0.3, 0.4) is 0 Å². The van der Waals surface area contributed by atoms with E-state index in [4.69, 9.17) is 4.74 Å². The fourth-order valence-electron chi connectivity index (χ4n) is 4.37. The lowest BCUT2D eigenvalue weighted by atomic mass is 9.72. The molecule has 4 heteroatoms. The van der Waals surface area contributed by atoms with Gasteiger partial charge in [0.05, 0.1) is 18.8 Å². The van der Waals surface area contributed by atoms with Gasteiger partial charge in [-0.2, -0.15) is 0 Å². The fraction of sp³-hybridized carbons (Fsp3) is 0.520. The lowest BCUT2D eigenvalue weighted by Gasteiger charge is -2.42. The summed E-state index contributed by atoms with van der Waals surface area (Å²) in [5, 5.41) is 12.2. The summed E-state index contributed by atoms with van der Waals surface area (Å²) in [5.41, 5.74) is 2.64. The maximum Gasteiger partial charge on any atom is 0.0979 e. The van der Waals surface area contributed by atoms with Crippen LogP contribution in [0.1, 0.15) is 49.8 Å². The average molecular weight is 418 g/mol. The van der Waals surface area contributed by atoms with Crippen molar-refractivity contribution in [2.75, 3.05) is 32.8 Å². The van der Waals surface area contributed by atoms with E-state index in [9.17, 15) is 5.11 Å². The van der Waals surface area contributed by atoms with Gasteiger partial charge in [0.2, 0.25) is 0 Å². The van der Waals surface area contributed by atoms with Gasteiger partial charge in [0.1, 0.15) is 0 Å². The zero-order valence-corrected chi connectivity index (χ0v) is 18.8. The summed E-state index contributed by atoms with van der Waals surface area (Å²) in [6.07, 6.45) is 1.75. The molecule has 1 saturated heterocycles. The highest BCUT2D eigenvalue weighted by Gasteiger charge is 2.40. The van der Waals surface area contributed by atoms with Crippen LogP contribution in [-0.2, 0) is 16.8 Å². The minimum Gasteiger partial charge on any atom is -0.384 e. The summed E-state index contributed by atoms with van der Waals surface area (Å²) in [5.74, 6) is 0.411. The summed E-state index contributed by atoms with van der Waals surface area (Å²) in [6, 6.07) is 19.1. The molecule has 1 fully saturated rings. The molecule has 3 nitrogen and oxygen atoms in total. The van der Waals surface area contributed by atoms with E-state index in [-0.39, 0.29) is 18.3 Å².